The number of benzene rings is 2. The van der Waals surface area contributed by atoms with E-state index in [4.69, 9.17) is 22.6 Å². The average Bonchev–Trinajstić information content (AvgIpc) is 1.50. The van der Waals surface area contributed by atoms with Crippen LogP contribution in [0.3, 0.4) is 0 Å². The number of nitrogens with one attached hydrogen (secondary N) is 11. The predicted molar refractivity (Wildman–Crippen MR) is 464 cm³/mol. The van der Waals surface area contributed by atoms with Gasteiger partial charge in [-0.3, -0.25) is 86.9 Å². The van der Waals surface area contributed by atoms with Crippen LogP contribution in [-0.4, -0.2) is 283 Å². The van der Waals surface area contributed by atoms with Gasteiger partial charge in [-0.25, -0.2) is 4.98 Å². The second-order valence-electron chi connectivity index (χ2n) is 32.1. The SMILES string of the molecule is C.CCCC[C@H]1C(=O)N(C)[C@@H](CCCC)C(=O)C[C@@H](CCCNC(=N)N)C(=O)N[C@H](C(=O)CCC(N)=O)CSCC(=O)N[C@@H](Cc2ccccc2)C(=O)N(C)[C@@H](C)C(=O)N[C@@H](CC(N)=O)C(=O)N2CCCC2C(=O)C[C@@H](Cc2cnc[nH]2)C(=O)N[C@@H](CC(C)C)C(=O)N(C)CC(=O)N[C@@H](C)C(=O)N[C@@H](CO)C(=O)N[C@@H](Cc2c[nH]c3ccccc23)C(=O)N1C. The van der Waals surface area contributed by atoms with Crippen molar-refractivity contribution in [1.82, 2.24) is 82.0 Å². The first-order valence-electron chi connectivity index (χ1n) is 41.8. The number of hydrogen-bond donors (Lipinski definition) is 15. The number of aliphatic hydroxyl groups excluding tert-OH is 1. The van der Waals surface area contributed by atoms with Crippen LogP contribution < -0.4 is 59.7 Å². The molecular formula is C85H128N20O18S. The largest absolute Gasteiger partial charge is 0.394 e. The van der Waals surface area contributed by atoms with Gasteiger partial charge in [0.2, 0.25) is 82.7 Å². The van der Waals surface area contributed by atoms with Crippen LogP contribution in [0.15, 0.2) is 73.3 Å². The number of hydrogen-bond acceptors (Lipinski definition) is 21. The molecule has 2 aromatic carbocycles. The number of fused-ring (bicyclic) bond motifs is 2. The van der Waals surface area contributed by atoms with Crippen LogP contribution in [-0.2, 0) is 101 Å². The summed E-state index contributed by atoms with van der Waals surface area (Å²) in [5.74, 6) is -17.7. The Kier molecular flexibility index (Phi) is 42.2. The van der Waals surface area contributed by atoms with Crippen molar-refractivity contribution in [2.24, 2.45) is 35.0 Å². The van der Waals surface area contributed by atoms with Crippen molar-refractivity contribution in [2.75, 3.05) is 65.9 Å². The molecule has 13 atom stereocenters. The summed E-state index contributed by atoms with van der Waals surface area (Å²) in [6.45, 7) is 8.21. The molecule has 2 aromatic heterocycles. The fraction of sp³-hybridized carbons (Fsp3) is 0.588. The highest BCUT2D eigenvalue weighted by Crippen LogP contribution is 2.28. The van der Waals surface area contributed by atoms with E-state index >= 15 is 14.4 Å². The van der Waals surface area contributed by atoms with E-state index in [2.05, 4.69) is 57.5 Å². The van der Waals surface area contributed by atoms with Crippen LogP contribution >= 0.6 is 11.8 Å². The van der Waals surface area contributed by atoms with E-state index in [1.165, 1.54) is 69.3 Å². The molecule has 2 aliphatic rings. The molecule has 0 spiro atoms. The molecule has 39 heteroatoms. The van der Waals surface area contributed by atoms with E-state index in [0.717, 1.165) is 21.6 Å². The van der Waals surface area contributed by atoms with Crippen molar-refractivity contribution in [3.63, 3.8) is 0 Å². The maximum atomic E-state index is 15.4. The lowest BCUT2D eigenvalue weighted by Gasteiger charge is -2.36. The Balaban J connectivity index is 0.0000273. The summed E-state index contributed by atoms with van der Waals surface area (Å²) < 4.78 is 0. The summed E-state index contributed by atoms with van der Waals surface area (Å²) in [6.07, 6.45) is 3.72. The first kappa shape index (κ1) is 103. The van der Waals surface area contributed by atoms with Gasteiger partial charge in [0.05, 0.1) is 55.7 Å². The molecule has 18 N–H and O–H groups in total. The lowest BCUT2D eigenvalue weighted by atomic mass is 9.90. The Morgan fingerprint density at radius 1 is 0.613 bits per heavy atom. The van der Waals surface area contributed by atoms with Gasteiger partial charge in [0.25, 0.3) is 0 Å². The Hall–Kier alpha value is -11.6. The zero-order valence-electron chi connectivity index (χ0n) is 71.9. The lowest BCUT2D eigenvalue weighted by molar-refractivity contribution is -0.149. The van der Waals surface area contributed by atoms with Gasteiger partial charge in [-0.05, 0) is 81.9 Å². The van der Waals surface area contributed by atoms with Gasteiger partial charge in [-0.2, -0.15) is 0 Å². The molecule has 38 nitrogen and oxygen atoms in total. The molecule has 4 heterocycles. The molecule has 0 aliphatic carbocycles. The van der Waals surface area contributed by atoms with E-state index in [-0.39, 0.29) is 102 Å². The van der Waals surface area contributed by atoms with Gasteiger partial charge in [0.15, 0.2) is 23.3 Å². The highest BCUT2D eigenvalue weighted by Gasteiger charge is 2.44. The molecule has 2 aliphatic heterocycles. The first-order chi connectivity index (χ1) is 58.4. The average molecular weight is 1750 g/mol. The minimum absolute atomic E-state index is 0. The zero-order chi connectivity index (χ0) is 90.9. The molecule has 682 valence electrons. The standard InChI is InChI=1S/C84H124N20O18S.CH4/c1-11-13-27-64-68(107)38-52(24-20-32-90-84(87)88)76(115)99-63(67(106)30-31-70(85)109)45-123-46-73(112)94-59(35-51-22-16-15-17-23-51)80(119)101(8)50(6)75(114)95-61(40-71(86)110)82(121)104-33-21-29-65(104)69(108)39-53(36-55-42-89-47-92-55)77(116)96-58(34-48(3)4)79(118)100(7)43-72(111)93-49(5)74(113)98-62(44-105)78(117)97-60(37-54-41-91-57-26-19-18-25-56(54)57)81(120)103(10)66(28-14-12-2)83(122)102(64)9;/h15-19,22-23,25-26,41-42,47-50,52-53,58-66,91,105H,11-14,20-21,24,27-40,43-46H2,1-10H3,(H2,85,109)(H2,86,110)(H,89,92)(H,93,111)(H,94,112)(H,95,114)(H,96,116)(H,97,117)(H,98,113)(H,99,115)(H4,87,88,90);1H4/t49-,50-,52+,53+,58-,59-,60-,61-,62-,63-,64-,65?,66-;/m0./s1. The van der Waals surface area contributed by atoms with Gasteiger partial charge < -0.3 is 99.3 Å². The minimum Gasteiger partial charge on any atom is -0.394 e. The predicted octanol–water partition coefficient (Wildman–Crippen LogP) is 0.208. The fourth-order valence-corrected chi connectivity index (χ4v) is 15.8. The number of unbranched alkanes of at least 4 members (excludes halogenated alkanes) is 2. The molecule has 6 rings (SSSR count). The van der Waals surface area contributed by atoms with Crippen LogP contribution in [0, 0.1) is 23.2 Å². The number of primary amides is 2. The molecule has 14 amide bonds. The Morgan fingerprint density at radius 2 is 1.23 bits per heavy atom. The molecule has 1 unspecified atom stereocenters. The fourth-order valence-electron chi connectivity index (χ4n) is 14.9. The van der Waals surface area contributed by atoms with Crippen molar-refractivity contribution < 1.29 is 86.6 Å². The number of imidazole rings is 1. The van der Waals surface area contributed by atoms with Crippen molar-refractivity contribution in [1.29, 1.82) is 5.41 Å². The van der Waals surface area contributed by atoms with Crippen molar-refractivity contribution in [2.45, 2.75) is 237 Å². The number of aliphatic hydroxyl groups is 1. The number of amides is 14. The number of H-pyrrole nitrogens is 2. The van der Waals surface area contributed by atoms with Crippen LogP contribution in [0.5, 0.6) is 0 Å². The number of aromatic amines is 2. The van der Waals surface area contributed by atoms with Gasteiger partial charge in [0.1, 0.15) is 48.3 Å². The highest BCUT2D eigenvalue weighted by molar-refractivity contribution is 8.00. The minimum atomic E-state index is -1.77. The quantitative estimate of drug-likeness (QED) is 0.0239. The molecule has 0 saturated carbocycles. The number of thioether (sulfide) groups is 1. The second kappa shape index (κ2) is 50.8. The van der Waals surface area contributed by atoms with E-state index < -0.39 is 229 Å². The third-order valence-corrected chi connectivity index (χ3v) is 23.1. The van der Waals surface area contributed by atoms with Crippen LogP contribution in [0.4, 0.5) is 0 Å². The Morgan fingerprint density at radius 3 is 1.86 bits per heavy atom. The smallest absolute Gasteiger partial charge is 0.246 e. The van der Waals surface area contributed by atoms with Crippen molar-refractivity contribution in [3.8, 4) is 0 Å². The van der Waals surface area contributed by atoms with Crippen LogP contribution in [0.25, 0.3) is 10.9 Å². The number of Topliss-reactive ketones (excluding diaryl/α,β-unsaturated/α-hetero) is 3. The van der Waals surface area contributed by atoms with Crippen LogP contribution in [0.1, 0.15) is 169 Å². The third kappa shape index (κ3) is 31.3. The van der Waals surface area contributed by atoms with Crippen LogP contribution in [0.2, 0.25) is 0 Å². The maximum Gasteiger partial charge on any atom is 0.246 e. The van der Waals surface area contributed by atoms with E-state index in [9.17, 15) is 72.2 Å². The maximum absolute atomic E-state index is 15.4. The lowest BCUT2D eigenvalue weighted by Crippen LogP contribution is -2.60. The molecular weight excluding hydrogens is 1620 g/mol. The van der Waals surface area contributed by atoms with Crippen molar-refractivity contribution >= 4 is 129 Å². The summed E-state index contributed by atoms with van der Waals surface area (Å²) >= 11 is 0.860. The molecule has 4 aromatic rings. The number of ketones is 3. The molecule has 124 heavy (non-hydrogen) atoms. The number of guanidine groups is 1. The molecule has 0 bridgehead atoms. The van der Waals surface area contributed by atoms with Crippen molar-refractivity contribution in [3.05, 3.63) is 90.1 Å². The Labute approximate surface area is 727 Å². The second-order valence-corrected chi connectivity index (χ2v) is 33.2. The Bertz CT molecular complexity index is 4360. The van der Waals surface area contributed by atoms with E-state index in [1.807, 2.05) is 13.8 Å². The summed E-state index contributed by atoms with van der Waals surface area (Å²) in [6, 6.07) is -0.0857. The molecule has 0 radical (unpaired) electrons. The zero-order valence-corrected chi connectivity index (χ0v) is 72.7. The van der Waals surface area contributed by atoms with E-state index in [1.54, 1.807) is 74.6 Å². The van der Waals surface area contributed by atoms with Gasteiger partial charge in [-0.1, -0.05) is 109 Å². The number of rotatable bonds is 25. The van der Waals surface area contributed by atoms with Gasteiger partial charge in [-0.15, -0.1) is 11.8 Å². The number of likely N-dealkylation sites (N-methyl/N-ethyl adjacent to an activating group) is 4. The molecule has 2 saturated heterocycles. The number of para-hydroxylation sites is 1. The summed E-state index contributed by atoms with van der Waals surface area (Å²) in [7, 11) is 5.33. The summed E-state index contributed by atoms with van der Waals surface area (Å²) in [5, 5.41) is 40.4. The van der Waals surface area contributed by atoms with Gasteiger partial charge >= 0.3 is 0 Å². The number of nitrogens with two attached hydrogens (primary N) is 3. The number of nitrogens with zero attached hydrogens (tertiary/aromatic N) is 6. The topological polar surface area (TPSA) is 569 Å². The summed E-state index contributed by atoms with van der Waals surface area (Å²) in [5.41, 5.74) is 19.0. The van der Waals surface area contributed by atoms with E-state index in [0.29, 0.717) is 53.4 Å². The monoisotopic (exact) mass is 1750 g/mol. The first-order valence-corrected chi connectivity index (χ1v) is 43.0. The summed E-state index contributed by atoms with van der Waals surface area (Å²) in [4.78, 5) is 261. The van der Waals surface area contributed by atoms with Gasteiger partial charge in [0, 0.05) is 127 Å². The molecule has 2 fully saturated rings. The number of aromatic nitrogens is 3. The number of carbonyl (C=O) groups is 17. The third-order valence-electron chi connectivity index (χ3n) is 22.0. The number of carbonyl (C=O) groups excluding carboxylic acids is 17. The normalized spacial score (nSPS) is 24.3. The highest BCUT2D eigenvalue weighted by atomic mass is 32.2.